The Balaban J connectivity index is 1.58. The van der Waals surface area contributed by atoms with Crippen molar-refractivity contribution >= 4 is 29.0 Å². The molecule has 1 fully saturated rings. The molecule has 0 N–H and O–H groups in total. The van der Waals surface area contributed by atoms with Gasteiger partial charge in [0.15, 0.2) is 0 Å². The molecule has 0 spiro atoms. The van der Waals surface area contributed by atoms with Crippen LogP contribution >= 0.6 is 23.1 Å². The van der Waals surface area contributed by atoms with Crippen molar-refractivity contribution in [3.63, 3.8) is 0 Å². The molecule has 1 aromatic heterocycles. The highest BCUT2D eigenvalue weighted by Crippen LogP contribution is 2.26. The van der Waals surface area contributed by atoms with Gasteiger partial charge in [-0.1, -0.05) is 23.9 Å². The number of carbonyl (C=O) groups excluding carboxylic acids is 1. The first-order chi connectivity index (χ1) is 10.7. The highest BCUT2D eigenvalue weighted by molar-refractivity contribution is 8.00. The number of hydrogen-bond acceptors (Lipinski definition) is 4. The van der Waals surface area contributed by atoms with Gasteiger partial charge < -0.3 is 4.90 Å². The average Bonchev–Trinajstić information content (AvgIpc) is 2.99. The highest BCUT2D eigenvalue weighted by atomic mass is 32.2. The molecule has 0 atom stereocenters. The molecule has 1 aliphatic rings. The van der Waals surface area contributed by atoms with E-state index in [4.69, 9.17) is 0 Å². The van der Waals surface area contributed by atoms with Crippen LogP contribution in [-0.2, 0) is 5.75 Å². The van der Waals surface area contributed by atoms with Crippen molar-refractivity contribution in [3.05, 3.63) is 46.5 Å². The standard InChI is InChI=1S/C17H20N2OS2/c1-13-11-21-17(18-13)22-12-14-5-7-15(8-6-14)16(20)19-9-3-2-4-10-19/h5-8,11H,2-4,9-10,12H2,1H3. The van der Waals surface area contributed by atoms with E-state index >= 15 is 0 Å². The van der Waals surface area contributed by atoms with E-state index in [-0.39, 0.29) is 5.91 Å². The fraction of sp³-hybridized carbons (Fsp3) is 0.412. The predicted octanol–water partition coefficient (Wildman–Crippen LogP) is 4.37. The summed E-state index contributed by atoms with van der Waals surface area (Å²) in [6, 6.07) is 8.04. The lowest BCUT2D eigenvalue weighted by Crippen LogP contribution is -2.35. The van der Waals surface area contributed by atoms with Crippen LogP contribution in [0, 0.1) is 6.92 Å². The van der Waals surface area contributed by atoms with Crippen LogP contribution in [0.2, 0.25) is 0 Å². The maximum absolute atomic E-state index is 12.4. The number of hydrogen-bond donors (Lipinski definition) is 0. The van der Waals surface area contributed by atoms with Crippen LogP contribution in [0.3, 0.4) is 0 Å². The molecule has 22 heavy (non-hydrogen) atoms. The lowest BCUT2D eigenvalue weighted by molar-refractivity contribution is 0.0724. The molecule has 1 aliphatic heterocycles. The van der Waals surface area contributed by atoms with E-state index in [1.165, 1.54) is 12.0 Å². The topological polar surface area (TPSA) is 33.2 Å². The molecule has 0 unspecified atom stereocenters. The van der Waals surface area contributed by atoms with Crippen LogP contribution in [0.25, 0.3) is 0 Å². The summed E-state index contributed by atoms with van der Waals surface area (Å²) in [5, 5.41) is 2.07. The lowest BCUT2D eigenvalue weighted by Gasteiger charge is -2.26. The molecule has 0 saturated carbocycles. The van der Waals surface area contributed by atoms with Crippen molar-refractivity contribution in [2.75, 3.05) is 13.1 Å². The van der Waals surface area contributed by atoms with Crippen LogP contribution in [0.4, 0.5) is 0 Å². The third-order valence-electron chi connectivity index (χ3n) is 3.80. The van der Waals surface area contributed by atoms with Crippen LogP contribution < -0.4 is 0 Å². The second kappa shape index (κ2) is 7.29. The summed E-state index contributed by atoms with van der Waals surface area (Å²) in [7, 11) is 0. The van der Waals surface area contributed by atoms with Crippen LogP contribution in [-0.4, -0.2) is 28.9 Å². The molecule has 0 bridgehead atoms. The van der Waals surface area contributed by atoms with Gasteiger partial charge in [-0.15, -0.1) is 11.3 Å². The molecular formula is C17H20N2OS2. The number of carbonyl (C=O) groups is 1. The predicted molar refractivity (Wildman–Crippen MR) is 92.6 cm³/mol. The van der Waals surface area contributed by atoms with Gasteiger partial charge in [-0.25, -0.2) is 4.98 Å². The molecule has 5 heteroatoms. The number of likely N-dealkylation sites (tertiary alicyclic amines) is 1. The largest absolute Gasteiger partial charge is 0.339 e. The first-order valence-electron chi connectivity index (χ1n) is 7.65. The second-order valence-electron chi connectivity index (χ2n) is 5.59. The molecular weight excluding hydrogens is 312 g/mol. The van der Waals surface area contributed by atoms with Crippen molar-refractivity contribution in [1.82, 2.24) is 9.88 Å². The fourth-order valence-corrected chi connectivity index (χ4v) is 4.37. The Morgan fingerprint density at radius 3 is 2.59 bits per heavy atom. The Kier molecular flexibility index (Phi) is 5.16. The summed E-state index contributed by atoms with van der Waals surface area (Å²) in [4.78, 5) is 18.8. The second-order valence-corrected chi connectivity index (χ2v) is 7.67. The summed E-state index contributed by atoms with van der Waals surface area (Å²) < 4.78 is 1.10. The maximum Gasteiger partial charge on any atom is 0.253 e. The van der Waals surface area contributed by atoms with Crippen molar-refractivity contribution in [2.45, 2.75) is 36.3 Å². The fourth-order valence-electron chi connectivity index (χ4n) is 2.57. The highest BCUT2D eigenvalue weighted by Gasteiger charge is 2.17. The zero-order valence-electron chi connectivity index (χ0n) is 12.7. The molecule has 1 aromatic carbocycles. The zero-order chi connectivity index (χ0) is 15.4. The molecule has 3 nitrogen and oxygen atoms in total. The van der Waals surface area contributed by atoms with E-state index in [2.05, 4.69) is 22.5 Å². The van der Waals surface area contributed by atoms with Gasteiger partial charge in [0.05, 0.1) is 0 Å². The quantitative estimate of drug-likeness (QED) is 0.780. The normalized spacial score (nSPS) is 15.0. The minimum atomic E-state index is 0.175. The number of benzene rings is 1. The number of thioether (sulfide) groups is 1. The summed E-state index contributed by atoms with van der Waals surface area (Å²) in [6.45, 7) is 3.82. The SMILES string of the molecule is Cc1csc(SCc2ccc(C(=O)N3CCCCC3)cc2)n1. The van der Waals surface area contributed by atoms with Crippen LogP contribution in [0.1, 0.15) is 40.9 Å². The summed E-state index contributed by atoms with van der Waals surface area (Å²) in [5.74, 6) is 1.07. The van der Waals surface area contributed by atoms with Gasteiger partial charge in [0.2, 0.25) is 0 Å². The Hall–Kier alpha value is -1.33. The smallest absolute Gasteiger partial charge is 0.253 e. The third-order valence-corrected chi connectivity index (χ3v) is 6.01. The van der Waals surface area contributed by atoms with Crippen molar-refractivity contribution in [2.24, 2.45) is 0 Å². The lowest BCUT2D eigenvalue weighted by atomic mass is 10.1. The molecule has 1 saturated heterocycles. The first-order valence-corrected chi connectivity index (χ1v) is 9.52. The van der Waals surface area contributed by atoms with Crippen molar-refractivity contribution in [3.8, 4) is 0 Å². The van der Waals surface area contributed by atoms with Crippen molar-refractivity contribution < 1.29 is 4.79 Å². The Morgan fingerprint density at radius 2 is 1.95 bits per heavy atom. The zero-order valence-corrected chi connectivity index (χ0v) is 14.4. The number of amides is 1. The number of aromatic nitrogens is 1. The van der Waals surface area contributed by atoms with E-state index in [0.717, 1.165) is 47.3 Å². The summed E-state index contributed by atoms with van der Waals surface area (Å²) in [6.07, 6.45) is 3.51. The average molecular weight is 332 g/mol. The van der Waals surface area contributed by atoms with Gasteiger partial charge >= 0.3 is 0 Å². The molecule has 3 rings (SSSR count). The van der Waals surface area contributed by atoms with Gasteiger partial charge in [-0.3, -0.25) is 4.79 Å². The van der Waals surface area contributed by atoms with Crippen LogP contribution in [0.5, 0.6) is 0 Å². The Morgan fingerprint density at radius 1 is 1.23 bits per heavy atom. The van der Waals surface area contributed by atoms with E-state index in [0.29, 0.717) is 0 Å². The number of aryl methyl sites for hydroxylation is 1. The van der Waals surface area contributed by atoms with Gasteiger partial charge in [0, 0.05) is 35.5 Å². The molecule has 2 heterocycles. The number of nitrogens with zero attached hydrogens (tertiary/aromatic N) is 2. The maximum atomic E-state index is 12.4. The molecule has 0 aliphatic carbocycles. The number of piperidine rings is 1. The molecule has 0 radical (unpaired) electrons. The monoisotopic (exact) mass is 332 g/mol. The van der Waals surface area contributed by atoms with Gasteiger partial charge in [0.25, 0.3) is 5.91 Å². The van der Waals surface area contributed by atoms with Crippen molar-refractivity contribution in [1.29, 1.82) is 0 Å². The van der Waals surface area contributed by atoms with Crippen LogP contribution in [0.15, 0.2) is 34.0 Å². The van der Waals surface area contributed by atoms with E-state index in [9.17, 15) is 4.79 Å². The van der Waals surface area contributed by atoms with E-state index in [1.54, 1.807) is 23.1 Å². The van der Waals surface area contributed by atoms with E-state index in [1.807, 2.05) is 24.0 Å². The van der Waals surface area contributed by atoms with Gasteiger partial charge in [-0.05, 0) is 43.9 Å². The Bertz CT molecular complexity index is 630. The van der Waals surface area contributed by atoms with E-state index < -0.39 is 0 Å². The number of rotatable bonds is 4. The minimum absolute atomic E-state index is 0.175. The molecule has 116 valence electrons. The molecule has 2 aromatic rings. The van der Waals surface area contributed by atoms with Gasteiger partial charge in [0.1, 0.15) is 4.34 Å². The third kappa shape index (κ3) is 3.90. The summed E-state index contributed by atoms with van der Waals surface area (Å²) >= 11 is 3.44. The Labute approximate surface area is 139 Å². The van der Waals surface area contributed by atoms with Gasteiger partial charge in [-0.2, -0.15) is 0 Å². The molecule has 1 amide bonds. The number of thiazole rings is 1. The summed E-state index contributed by atoms with van der Waals surface area (Å²) in [5.41, 5.74) is 3.11. The first kappa shape index (κ1) is 15.6. The minimum Gasteiger partial charge on any atom is -0.339 e.